The number of β-lactam (4-membered cyclic amide) rings is 1. The number of amides is 1. The molecule has 2 aliphatic rings. The highest BCUT2D eigenvalue weighted by molar-refractivity contribution is 5.85. The maximum Gasteiger partial charge on any atom is 0.222 e. The third kappa shape index (κ3) is 0.619. The molecule has 0 aromatic rings. The van der Waals surface area contributed by atoms with Crippen LogP contribution in [0.1, 0.15) is 32.6 Å². The van der Waals surface area contributed by atoms with Crippen molar-refractivity contribution in [1.82, 2.24) is 5.32 Å². The van der Waals surface area contributed by atoms with Gasteiger partial charge in [0.1, 0.15) is 0 Å². The number of carbonyl (C=O) groups is 1. The third-order valence-corrected chi connectivity index (χ3v) is 3.07. The van der Waals surface area contributed by atoms with Crippen LogP contribution in [0.3, 0.4) is 0 Å². The van der Waals surface area contributed by atoms with E-state index in [2.05, 4.69) is 12.2 Å². The molecule has 0 aromatic carbocycles. The lowest BCUT2D eigenvalue weighted by molar-refractivity contribution is -0.134. The van der Waals surface area contributed by atoms with Crippen molar-refractivity contribution in [3.05, 3.63) is 0 Å². The van der Waals surface area contributed by atoms with Gasteiger partial charge in [-0.05, 0) is 18.8 Å². The molecule has 0 bridgehead atoms. The second kappa shape index (κ2) is 1.74. The monoisotopic (exact) mass is 139 g/mol. The molecule has 2 atom stereocenters. The number of hydrogen-bond acceptors (Lipinski definition) is 1. The quantitative estimate of drug-likeness (QED) is 0.500. The fraction of sp³-hybridized carbons (Fsp3) is 0.875. The Morgan fingerprint density at radius 2 is 2.40 bits per heavy atom. The third-order valence-electron chi connectivity index (χ3n) is 3.07. The van der Waals surface area contributed by atoms with Gasteiger partial charge in [-0.2, -0.15) is 0 Å². The van der Waals surface area contributed by atoms with Gasteiger partial charge in [-0.15, -0.1) is 0 Å². The van der Waals surface area contributed by atoms with Crippen LogP contribution in [0.15, 0.2) is 0 Å². The molecular weight excluding hydrogens is 126 g/mol. The zero-order valence-electron chi connectivity index (χ0n) is 6.31. The van der Waals surface area contributed by atoms with E-state index in [0.29, 0.717) is 5.92 Å². The molecule has 1 saturated carbocycles. The molecule has 0 radical (unpaired) electrons. The topological polar surface area (TPSA) is 29.1 Å². The highest BCUT2D eigenvalue weighted by Gasteiger charge is 2.49. The van der Waals surface area contributed by atoms with E-state index < -0.39 is 0 Å². The van der Waals surface area contributed by atoms with Crippen molar-refractivity contribution in [3.8, 4) is 0 Å². The zero-order chi connectivity index (χ0) is 7.19. The Kier molecular flexibility index (Phi) is 1.08. The first-order chi connectivity index (χ1) is 4.73. The maximum atomic E-state index is 10.7. The molecule has 2 fully saturated rings. The molecule has 1 amide bonds. The van der Waals surface area contributed by atoms with E-state index in [0.717, 1.165) is 6.42 Å². The highest BCUT2D eigenvalue weighted by Crippen LogP contribution is 2.42. The molecule has 2 nitrogen and oxygen atoms in total. The first-order valence-electron chi connectivity index (χ1n) is 4.04. The highest BCUT2D eigenvalue weighted by atomic mass is 16.2. The number of nitrogens with one attached hydrogen (secondary N) is 1. The van der Waals surface area contributed by atoms with Crippen LogP contribution in [0.25, 0.3) is 0 Å². The molecule has 2 unspecified atom stereocenters. The molecule has 1 aliphatic heterocycles. The summed E-state index contributed by atoms with van der Waals surface area (Å²) in [5.74, 6) is 0.957. The second-order valence-electron chi connectivity index (χ2n) is 3.67. The predicted molar refractivity (Wildman–Crippen MR) is 38.5 cm³/mol. The summed E-state index contributed by atoms with van der Waals surface area (Å²) in [6.45, 7) is 2.24. The van der Waals surface area contributed by atoms with Crippen LogP contribution in [-0.4, -0.2) is 11.4 Å². The van der Waals surface area contributed by atoms with E-state index in [1.54, 1.807) is 0 Å². The van der Waals surface area contributed by atoms with Crippen molar-refractivity contribution in [2.24, 2.45) is 5.92 Å². The standard InChI is InChI=1S/C8H13NO/c1-6-3-2-4-8(6)5-7(10)9-8/h6H,2-5H2,1H3,(H,9,10). The number of carbonyl (C=O) groups excluding carboxylic acids is 1. The Hall–Kier alpha value is -0.530. The van der Waals surface area contributed by atoms with Crippen LogP contribution in [-0.2, 0) is 4.79 Å². The van der Waals surface area contributed by atoms with Crippen molar-refractivity contribution in [2.75, 3.05) is 0 Å². The lowest BCUT2D eigenvalue weighted by Crippen LogP contribution is -2.62. The van der Waals surface area contributed by atoms with Gasteiger partial charge in [0.25, 0.3) is 0 Å². The van der Waals surface area contributed by atoms with Gasteiger partial charge in [0.2, 0.25) is 5.91 Å². The van der Waals surface area contributed by atoms with Gasteiger partial charge < -0.3 is 5.32 Å². The van der Waals surface area contributed by atoms with E-state index in [1.165, 1.54) is 19.3 Å². The Balaban J connectivity index is 2.09. The van der Waals surface area contributed by atoms with Gasteiger partial charge in [-0.3, -0.25) is 4.79 Å². The number of hydrogen-bond donors (Lipinski definition) is 1. The predicted octanol–water partition coefficient (Wildman–Crippen LogP) is 1.07. The van der Waals surface area contributed by atoms with Gasteiger partial charge in [-0.1, -0.05) is 13.3 Å². The van der Waals surface area contributed by atoms with Gasteiger partial charge in [-0.25, -0.2) is 0 Å². The van der Waals surface area contributed by atoms with Gasteiger partial charge in [0, 0.05) is 6.42 Å². The summed E-state index contributed by atoms with van der Waals surface area (Å²) in [7, 11) is 0. The Bertz CT molecular complexity index is 168. The van der Waals surface area contributed by atoms with Gasteiger partial charge in [0.05, 0.1) is 5.54 Å². The van der Waals surface area contributed by atoms with Crippen LogP contribution < -0.4 is 5.32 Å². The van der Waals surface area contributed by atoms with Crippen molar-refractivity contribution in [3.63, 3.8) is 0 Å². The van der Waals surface area contributed by atoms with Gasteiger partial charge in [0.15, 0.2) is 0 Å². The minimum atomic E-state index is 0.244. The van der Waals surface area contributed by atoms with Crippen molar-refractivity contribution < 1.29 is 4.79 Å². The van der Waals surface area contributed by atoms with E-state index in [1.807, 2.05) is 0 Å². The van der Waals surface area contributed by atoms with E-state index in [4.69, 9.17) is 0 Å². The minimum absolute atomic E-state index is 0.244. The average molecular weight is 139 g/mol. The molecule has 2 heteroatoms. The normalized spacial score (nSPS) is 45.3. The summed E-state index contributed by atoms with van der Waals surface area (Å²) in [6.07, 6.45) is 4.58. The summed E-state index contributed by atoms with van der Waals surface area (Å²) in [4.78, 5) is 10.7. The number of rotatable bonds is 0. The smallest absolute Gasteiger partial charge is 0.222 e. The molecule has 1 aliphatic carbocycles. The zero-order valence-corrected chi connectivity index (χ0v) is 6.31. The van der Waals surface area contributed by atoms with Crippen LogP contribution in [0.4, 0.5) is 0 Å². The summed E-state index contributed by atoms with van der Waals surface area (Å²) in [5, 5.41) is 3.03. The fourth-order valence-electron chi connectivity index (χ4n) is 2.24. The average Bonchev–Trinajstić information content (AvgIpc) is 2.12. The molecule has 10 heavy (non-hydrogen) atoms. The van der Waals surface area contributed by atoms with Gasteiger partial charge >= 0.3 is 0 Å². The first kappa shape index (κ1) is 6.20. The molecular formula is C8H13NO. The van der Waals surface area contributed by atoms with Crippen molar-refractivity contribution in [2.45, 2.75) is 38.1 Å². The molecule has 1 heterocycles. The fourth-order valence-corrected chi connectivity index (χ4v) is 2.24. The summed E-state index contributed by atoms with van der Waals surface area (Å²) in [5.41, 5.74) is 0.247. The minimum Gasteiger partial charge on any atom is -0.350 e. The SMILES string of the molecule is CC1CCCC12CC(=O)N2. The summed E-state index contributed by atoms with van der Waals surface area (Å²) in [6, 6.07) is 0. The van der Waals surface area contributed by atoms with Crippen LogP contribution in [0.2, 0.25) is 0 Å². The van der Waals surface area contributed by atoms with Crippen molar-refractivity contribution in [1.29, 1.82) is 0 Å². The first-order valence-corrected chi connectivity index (χ1v) is 4.04. The largest absolute Gasteiger partial charge is 0.350 e. The van der Waals surface area contributed by atoms with E-state index in [9.17, 15) is 4.79 Å². The van der Waals surface area contributed by atoms with E-state index >= 15 is 0 Å². The summed E-state index contributed by atoms with van der Waals surface area (Å²) < 4.78 is 0. The summed E-state index contributed by atoms with van der Waals surface area (Å²) >= 11 is 0. The molecule has 0 aromatic heterocycles. The Morgan fingerprint density at radius 1 is 1.70 bits per heavy atom. The molecule has 56 valence electrons. The van der Waals surface area contributed by atoms with E-state index in [-0.39, 0.29) is 11.4 Å². The second-order valence-corrected chi connectivity index (χ2v) is 3.67. The molecule has 1 spiro atoms. The van der Waals surface area contributed by atoms with Crippen molar-refractivity contribution >= 4 is 5.91 Å². The maximum absolute atomic E-state index is 10.7. The van der Waals surface area contributed by atoms with Crippen LogP contribution in [0, 0.1) is 5.92 Å². The molecule has 1 N–H and O–H groups in total. The van der Waals surface area contributed by atoms with Crippen LogP contribution >= 0.6 is 0 Å². The van der Waals surface area contributed by atoms with Crippen LogP contribution in [0.5, 0.6) is 0 Å². The molecule has 1 saturated heterocycles. The Morgan fingerprint density at radius 3 is 2.80 bits per heavy atom. The Labute approximate surface area is 61.0 Å². The lowest BCUT2D eigenvalue weighted by Gasteiger charge is -2.42. The lowest BCUT2D eigenvalue weighted by atomic mass is 9.79. The molecule has 2 rings (SSSR count).